The molecule has 5 nitrogen and oxygen atoms in total. The number of pyridine rings is 1. The fraction of sp³-hybridized carbons (Fsp3) is 0.375. The van der Waals surface area contributed by atoms with Crippen LogP contribution in [0.3, 0.4) is 0 Å². The van der Waals surface area contributed by atoms with Crippen molar-refractivity contribution in [2.45, 2.75) is 10.9 Å². The van der Waals surface area contributed by atoms with Crippen molar-refractivity contribution < 1.29 is 13.2 Å². The predicted molar refractivity (Wildman–Crippen MR) is 61.9 cm³/mol. The number of hydrogen-bond donors (Lipinski definition) is 1. The van der Waals surface area contributed by atoms with Gasteiger partial charge in [-0.1, -0.05) is 11.6 Å². The summed E-state index contributed by atoms with van der Waals surface area (Å²) in [6.45, 7) is 0.774. The molecular formula is C8H8BrClN2O3S. The van der Waals surface area contributed by atoms with Crippen molar-refractivity contribution >= 4 is 37.6 Å². The number of hydrogen-bond acceptors (Lipinski definition) is 4. The summed E-state index contributed by atoms with van der Waals surface area (Å²) in [7, 11) is -3.63. The van der Waals surface area contributed by atoms with Crippen molar-refractivity contribution in [3.8, 4) is 0 Å². The van der Waals surface area contributed by atoms with Gasteiger partial charge in [0, 0.05) is 10.7 Å². The Balaban J connectivity index is 2.30. The van der Waals surface area contributed by atoms with Crippen LogP contribution in [0.2, 0.25) is 5.15 Å². The van der Waals surface area contributed by atoms with Crippen LogP contribution >= 0.6 is 27.5 Å². The largest absolute Gasteiger partial charge is 0.378 e. The summed E-state index contributed by atoms with van der Waals surface area (Å²) in [5, 5.41) is -0.0454. The summed E-state index contributed by atoms with van der Waals surface area (Å²) >= 11 is 8.89. The minimum Gasteiger partial charge on any atom is -0.378 e. The van der Waals surface area contributed by atoms with E-state index in [1.165, 1.54) is 12.3 Å². The molecule has 8 heteroatoms. The molecule has 0 radical (unpaired) electrons. The first kappa shape index (κ1) is 12.3. The van der Waals surface area contributed by atoms with E-state index in [1.807, 2.05) is 0 Å². The third-order valence-electron chi connectivity index (χ3n) is 2.02. The predicted octanol–water partition coefficient (Wildman–Crippen LogP) is 1.17. The molecule has 16 heavy (non-hydrogen) atoms. The van der Waals surface area contributed by atoms with Gasteiger partial charge >= 0.3 is 0 Å². The summed E-state index contributed by atoms with van der Waals surface area (Å²) in [5.74, 6) is 0. The molecule has 0 atom stereocenters. The van der Waals surface area contributed by atoms with E-state index in [9.17, 15) is 8.42 Å². The zero-order chi connectivity index (χ0) is 11.8. The first-order valence-corrected chi connectivity index (χ1v) is 7.05. The van der Waals surface area contributed by atoms with Crippen LogP contribution in [0.5, 0.6) is 0 Å². The van der Waals surface area contributed by atoms with Crippen LogP contribution in [0.1, 0.15) is 0 Å². The van der Waals surface area contributed by atoms with Crippen molar-refractivity contribution in [2.24, 2.45) is 0 Å². The molecule has 0 bridgehead atoms. The second kappa shape index (κ2) is 4.58. The lowest BCUT2D eigenvalue weighted by molar-refractivity contribution is 0.00482. The summed E-state index contributed by atoms with van der Waals surface area (Å²) in [6.07, 6.45) is 1.44. The van der Waals surface area contributed by atoms with Gasteiger partial charge in [0.25, 0.3) is 0 Å². The van der Waals surface area contributed by atoms with Gasteiger partial charge in [-0.25, -0.2) is 18.1 Å². The number of nitrogens with one attached hydrogen (secondary N) is 1. The molecule has 0 unspecified atom stereocenters. The summed E-state index contributed by atoms with van der Waals surface area (Å²) in [6, 6.07) is 1.23. The maximum Gasteiger partial charge on any atom is 0.244 e. The Hall–Kier alpha value is -0.210. The highest BCUT2D eigenvalue weighted by atomic mass is 79.9. The van der Waals surface area contributed by atoms with Crippen LogP contribution < -0.4 is 4.72 Å². The molecule has 0 aromatic carbocycles. The van der Waals surface area contributed by atoms with E-state index in [1.54, 1.807) is 0 Å². The maximum atomic E-state index is 11.9. The molecule has 1 saturated heterocycles. The first-order chi connectivity index (χ1) is 7.49. The number of rotatable bonds is 3. The third kappa shape index (κ3) is 2.54. The second-order valence-electron chi connectivity index (χ2n) is 3.30. The normalized spacial score (nSPS) is 17.1. The molecule has 88 valence electrons. The van der Waals surface area contributed by atoms with Crippen LogP contribution in [0.4, 0.5) is 0 Å². The topological polar surface area (TPSA) is 68.3 Å². The van der Waals surface area contributed by atoms with E-state index >= 15 is 0 Å². The number of halogens is 2. The van der Waals surface area contributed by atoms with Crippen molar-refractivity contribution in [1.29, 1.82) is 0 Å². The average molecular weight is 328 g/mol. The van der Waals surface area contributed by atoms with Gasteiger partial charge in [0.05, 0.1) is 19.3 Å². The van der Waals surface area contributed by atoms with Crippen LogP contribution in [-0.2, 0) is 14.8 Å². The minimum atomic E-state index is -3.63. The fourth-order valence-electron chi connectivity index (χ4n) is 1.18. The molecular weight excluding hydrogens is 320 g/mol. The average Bonchev–Trinajstić information content (AvgIpc) is 2.16. The van der Waals surface area contributed by atoms with E-state index < -0.39 is 10.0 Å². The Bertz CT molecular complexity index is 504. The van der Waals surface area contributed by atoms with Crippen molar-refractivity contribution in [3.63, 3.8) is 0 Å². The molecule has 1 N–H and O–H groups in total. The molecule has 0 spiro atoms. The van der Waals surface area contributed by atoms with E-state index in [0.717, 1.165) is 0 Å². The first-order valence-electron chi connectivity index (χ1n) is 4.40. The van der Waals surface area contributed by atoms with Gasteiger partial charge in [-0.15, -0.1) is 0 Å². The van der Waals surface area contributed by atoms with Gasteiger partial charge in [0.2, 0.25) is 10.0 Å². The molecule has 0 amide bonds. The number of ether oxygens (including phenoxy) is 1. The molecule has 0 aliphatic carbocycles. The van der Waals surface area contributed by atoms with E-state index in [2.05, 4.69) is 25.6 Å². The quantitative estimate of drug-likeness (QED) is 0.846. The van der Waals surface area contributed by atoms with Gasteiger partial charge in [-0.3, -0.25) is 0 Å². The molecule has 1 aromatic heterocycles. The maximum absolute atomic E-state index is 11.9. The SMILES string of the molecule is O=S(=O)(NC1COC1)c1cc(Br)cnc1Cl. The van der Waals surface area contributed by atoms with Gasteiger partial charge in [-0.05, 0) is 22.0 Å². The Morgan fingerprint density at radius 2 is 2.25 bits per heavy atom. The zero-order valence-electron chi connectivity index (χ0n) is 7.98. The monoisotopic (exact) mass is 326 g/mol. The van der Waals surface area contributed by atoms with Crippen LogP contribution in [-0.4, -0.2) is 32.7 Å². The number of aromatic nitrogens is 1. The van der Waals surface area contributed by atoms with Gasteiger partial charge < -0.3 is 4.74 Å². The minimum absolute atomic E-state index is 0.0320. The number of sulfonamides is 1. The molecule has 0 saturated carbocycles. The lowest BCUT2D eigenvalue weighted by Gasteiger charge is -2.26. The van der Waals surface area contributed by atoms with Gasteiger partial charge in [-0.2, -0.15) is 0 Å². The van der Waals surface area contributed by atoms with E-state index in [0.29, 0.717) is 17.7 Å². The molecule has 2 rings (SSSR count). The molecule has 1 fully saturated rings. The highest BCUT2D eigenvalue weighted by Gasteiger charge is 2.27. The Morgan fingerprint density at radius 3 is 2.81 bits per heavy atom. The summed E-state index contributed by atoms with van der Waals surface area (Å²) < 4.78 is 31.7. The lowest BCUT2D eigenvalue weighted by atomic mass is 10.3. The third-order valence-corrected chi connectivity index (χ3v) is 4.40. The fourth-order valence-corrected chi connectivity index (χ4v) is 3.33. The van der Waals surface area contributed by atoms with E-state index in [-0.39, 0.29) is 16.1 Å². The highest BCUT2D eigenvalue weighted by molar-refractivity contribution is 9.10. The van der Waals surface area contributed by atoms with E-state index in [4.69, 9.17) is 16.3 Å². The molecule has 1 aromatic rings. The van der Waals surface area contributed by atoms with Crippen molar-refractivity contribution in [3.05, 3.63) is 21.9 Å². The molecule has 1 aliphatic heterocycles. The van der Waals surface area contributed by atoms with Gasteiger partial charge in [0.15, 0.2) is 0 Å². The highest BCUT2D eigenvalue weighted by Crippen LogP contribution is 2.23. The number of nitrogens with zero attached hydrogens (tertiary/aromatic N) is 1. The van der Waals surface area contributed by atoms with Crippen LogP contribution in [0, 0.1) is 0 Å². The standard InChI is InChI=1S/C8H8BrClN2O3S/c9-5-1-7(8(10)11-2-5)16(13,14)12-6-3-15-4-6/h1-2,6,12H,3-4H2. The Morgan fingerprint density at radius 1 is 1.56 bits per heavy atom. The van der Waals surface area contributed by atoms with Crippen molar-refractivity contribution in [2.75, 3.05) is 13.2 Å². The smallest absolute Gasteiger partial charge is 0.244 e. The zero-order valence-corrected chi connectivity index (χ0v) is 11.1. The van der Waals surface area contributed by atoms with Crippen LogP contribution in [0.25, 0.3) is 0 Å². The van der Waals surface area contributed by atoms with Crippen molar-refractivity contribution in [1.82, 2.24) is 9.71 Å². The lowest BCUT2D eigenvalue weighted by Crippen LogP contribution is -2.48. The van der Waals surface area contributed by atoms with Crippen LogP contribution in [0.15, 0.2) is 21.6 Å². The molecule has 2 heterocycles. The molecule has 1 aliphatic rings. The Labute approximate surface area is 106 Å². The Kier molecular flexibility index (Phi) is 3.50. The summed E-state index contributed by atoms with van der Waals surface area (Å²) in [5.41, 5.74) is 0. The second-order valence-corrected chi connectivity index (χ2v) is 6.25. The van der Waals surface area contributed by atoms with Gasteiger partial charge in [0.1, 0.15) is 10.0 Å². The summed E-state index contributed by atoms with van der Waals surface area (Å²) in [4.78, 5) is 3.73.